The minimum Gasteiger partial charge on any atom is -0.332 e. The zero-order valence-corrected chi connectivity index (χ0v) is 43.2. The van der Waals surface area contributed by atoms with E-state index in [0.29, 0.717) is 0 Å². The number of rotatable bonds is 10. The highest BCUT2D eigenvalue weighted by Crippen LogP contribution is 2.56. The van der Waals surface area contributed by atoms with E-state index in [2.05, 4.69) is 311 Å². The third kappa shape index (κ3) is 7.66. The van der Waals surface area contributed by atoms with E-state index in [9.17, 15) is 0 Å². The van der Waals surface area contributed by atoms with Crippen molar-refractivity contribution in [3.8, 4) is 22.3 Å². The van der Waals surface area contributed by atoms with Gasteiger partial charge in [0.1, 0.15) is 0 Å². The smallest absolute Gasteiger partial charge is 0.0841 e. The SMILES string of the molecule is C1=CC2c3cccc(N(c4ccc(-c5ccccc5)cc4)c4cc(N(c5ccc(-c6ccccc6)cc5)C5C=CC=C6c7ccccc7N(c7ccccc7)C65)cc5ccc6ccccc6c45)c3N(C3=CCCC=C3)C2C=C1. The Labute approximate surface area is 457 Å². The second-order valence-electron chi connectivity index (χ2n) is 21.0. The monoisotopic (exact) mass is 1000 g/mol. The summed E-state index contributed by atoms with van der Waals surface area (Å²) >= 11 is 0. The lowest BCUT2D eigenvalue weighted by Gasteiger charge is -2.42. The predicted octanol–water partition coefficient (Wildman–Crippen LogP) is 19.1. The van der Waals surface area contributed by atoms with Gasteiger partial charge in [0.05, 0.1) is 35.2 Å². The Morgan fingerprint density at radius 3 is 1.88 bits per heavy atom. The molecule has 0 saturated heterocycles. The van der Waals surface area contributed by atoms with Crippen molar-refractivity contribution in [1.82, 2.24) is 0 Å². The van der Waals surface area contributed by atoms with Crippen LogP contribution < -0.4 is 19.6 Å². The van der Waals surface area contributed by atoms with Crippen LogP contribution in [0.1, 0.15) is 29.9 Å². The van der Waals surface area contributed by atoms with Crippen molar-refractivity contribution in [2.75, 3.05) is 19.6 Å². The minimum atomic E-state index is -0.132. The van der Waals surface area contributed by atoms with Crippen molar-refractivity contribution in [2.24, 2.45) is 0 Å². The van der Waals surface area contributed by atoms with Gasteiger partial charge in [0, 0.05) is 51.0 Å². The van der Waals surface area contributed by atoms with Crippen LogP contribution in [0.5, 0.6) is 0 Å². The first-order chi connectivity index (χ1) is 38.7. The van der Waals surface area contributed by atoms with Gasteiger partial charge in [0.2, 0.25) is 0 Å². The molecule has 3 aliphatic carbocycles. The first-order valence-electron chi connectivity index (χ1n) is 27.6. The number of benzene rings is 10. The van der Waals surface area contributed by atoms with Crippen LogP contribution in [-0.2, 0) is 0 Å². The Balaban J connectivity index is 1.01. The maximum absolute atomic E-state index is 2.64. The molecule has 0 spiro atoms. The molecule has 10 aromatic rings. The first kappa shape index (κ1) is 45.7. The van der Waals surface area contributed by atoms with Crippen LogP contribution in [0.25, 0.3) is 49.4 Å². The molecule has 15 rings (SSSR count). The number of hydrogen-bond acceptors (Lipinski definition) is 4. The standard InChI is InChI=1S/C74H56N4/c1-5-21-51(22-6-1)53-41-45-59(46-42-53)75(69-37-19-33-65-63-31-15-17-35-67(63)77(73(65)69)57-26-9-3-10-27-57)61-49-56-40-39-55-25-13-14-30-62(55)72(56)71(50-61)76(60-47-43-54(44-48-60)52-23-7-2-8-24-52)70-38-20-34-66-64-32-16-18-36-68(64)78(74(66)70)58-28-11-4-12-29-58/h1-3,5-11,13-50,64,68-69,73H,4,12H2. The molecule has 0 aromatic heterocycles. The highest BCUT2D eigenvalue weighted by molar-refractivity contribution is 6.17. The molecule has 4 heteroatoms. The average molecular weight is 1000 g/mol. The van der Waals surface area contributed by atoms with Crippen LogP contribution in [0.2, 0.25) is 0 Å². The summed E-state index contributed by atoms with van der Waals surface area (Å²) in [6.07, 6.45) is 25.6. The Bertz CT molecular complexity index is 4110. The predicted molar refractivity (Wildman–Crippen MR) is 329 cm³/mol. The number of para-hydroxylation sites is 3. The van der Waals surface area contributed by atoms with Gasteiger partial charge < -0.3 is 19.6 Å². The average Bonchev–Trinajstić information content (AvgIpc) is 4.25. The Hall–Kier alpha value is -9.64. The van der Waals surface area contributed by atoms with E-state index in [1.165, 1.54) is 83.3 Å². The number of nitrogens with zero attached hydrogens (tertiary/aromatic N) is 4. The van der Waals surface area contributed by atoms with E-state index in [4.69, 9.17) is 0 Å². The summed E-state index contributed by atoms with van der Waals surface area (Å²) in [6.45, 7) is 0. The molecule has 4 nitrogen and oxygen atoms in total. The number of fused-ring (bicyclic) bond motifs is 9. The molecule has 0 fully saturated rings. The van der Waals surface area contributed by atoms with Gasteiger partial charge in [-0.05, 0) is 129 Å². The molecule has 0 N–H and O–H groups in total. The van der Waals surface area contributed by atoms with Gasteiger partial charge in [-0.25, -0.2) is 0 Å². The maximum Gasteiger partial charge on any atom is 0.0841 e. The number of hydrogen-bond donors (Lipinski definition) is 0. The largest absolute Gasteiger partial charge is 0.332 e. The Morgan fingerprint density at radius 1 is 0.462 bits per heavy atom. The quantitative estimate of drug-likeness (QED) is 0.127. The molecule has 0 bridgehead atoms. The van der Waals surface area contributed by atoms with Gasteiger partial charge in [0.25, 0.3) is 0 Å². The summed E-state index contributed by atoms with van der Waals surface area (Å²) in [7, 11) is 0. The van der Waals surface area contributed by atoms with E-state index >= 15 is 0 Å². The zero-order chi connectivity index (χ0) is 51.5. The molecule has 5 aliphatic rings. The van der Waals surface area contributed by atoms with E-state index in [-0.39, 0.29) is 24.0 Å². The lowest BCUT2D eigenvalue weighted by molar-refractivity contribution is 0.688. The van der Waals surface area contributed by atoms with Crippen LogP contribution in [-0.4, -0.2) is 18.1 Å². The van der Waals surface area contributed by atoms with Crippen molar-refractivity contribution in [3.05, 3.63) is 308 Å². The fourth-order valence-corrected chi connectivity index (χ4v) is 13.2. The van der Waals surface area contributed by atoms with Crippen molar-refractivity contribution in [3.63, 3.8) is 0 Å². The molecule has 4 unspecified atom stereocenters. The summed E-state index contributed by atoms with van der Waals surface area (Å²) in [5, 5.41) is 4.80. The molecule has 0 saturated carbocycles. The van der Waals surface area contributed by atoms with Crippen molar-refractivity contribution >= 4 is 72.6 Å². The van der Waals surface area contributed by atoms with Crippen LogP contribution in [0.3, 0.4) is 0 Å². The fourth-order valence-electron chi connectivity index (χ4n) is 13.2. The number of allylic oxidation sites excluding steroid dienone is 7. The molecular weight excluding hydrogens is 945 g/mol. The van der Waals surface area contributed by atoms with Gasteiger partial charge in [-0.3, -0.25) is 0 Å². The van der Waals surface area contributed by atoms with Gasteiger partial charge >= 0.3 is 0 Å². The highest BCUT2D eigenvalue weighted by atomic mass is 15.3. The molecule has 2 aliphatic heterocycles. The first-order valence-corrected chi connectivity index (χ1v) is 27.6. The topological polar surface area (TPSA) is 13.0 Å². The lowest BCUT2D eigenvalue weighted by Crippen LogP contribution is -2.47. The molecule has 78 heavy (non-hydrogen) atoms. The second kappa shape index (κ2) is 19.2. The zero-order valence-electron chi connectivity index (χ0n) is 43.2. The molecule has 372 valence electrons. The van der Waals surface area contributed by atoms with Crippen molar-refractivity contribution in [2.45, 2.75) is 36.9 Å². The van der Waals surface area contributed by atoms with Crippen LogP contribution >= 0.6 is 0 Å². The minimum absolute atomic E-state index is 0.0480. The molecule has 2 heterocycles. The van der Waals surface area contributed by atoms with E-state index < -0.39 is 0 Å². The summed E-state index contributed by atoms with van der Waals surface area (Å²) in [6, 6.07) is 85.5. The molecule has 0 radical (unpaired) electrons. The summed E-state index contributed by atoms with van der Waals surface area (Å²) < 4.78 is 0. The van der Waals surface area contributed by atoms with E-state index in [1.807, 2.05) is 0 Å². The molecule has 4 atom stereocenters. The summed E-state index contributed by atoms with van der Waals surface area (Å²) in [5.74, 6) is 0.199. The number of anilines is 8. The molecule has 10 aromatic carbocycles. The Kier molecular flexibility index (Phi) is 11.2. The summed E-state index contributed by atoms with van der Waals surface area (Å²) in [5.41, 5.74) is 19.1. The van der Waals surface area contributed by atoms with Crippen molar-refractivity contribution in [1.29, 1.82) is 0 Å². The van der Waals surface area contributed by atoms with Gasteiger partial charge in [-0.2, -0.15) is 0 Å². The lowest BCUT2D eigenvalue weighted by atomic mass is 9.89. The van der Waals surface area contributed by atoms with Crippen molar-refractivity contribution < 1.29 is 0 Å². The molecular formula is C74H56N4. The van der Waals surface area contributed by atoms with E-state index in [1.54, 1.807) is 0 Å². The van der Waals surface area contributed by atoms with Gasteiger partial charge in [-0.15, -0.1) is 0 Å². The molecule has 0 amide bonds. The van der Waals surface area contributed by atoms with Crippen LogP contribution in [0.15, 0.2) is 297 Å². The third-order valence-corrected chi connectivity index (χ3v) is 16.7. The summed E-state index contributed by atoms with van der Waals surface area (Å²) in [4.78, 5) is 10.4. The maximum atomic E-state index is 2.64. The van der Waals surface area contributed by atoms with E-state index in [0.717, 1.165) is 41.3 Å². The van der Waals surface area contributed by atoms with Gasteiger partial charge in [-0.1, -0.05) is 225 Å². The Morgan fingerprint density at radius 2 is 1.13 bits per heavy atom. The fraction of sp³-hybridized carbons (Fsp3) is 0.0811. The second-order valence-corrected chi connectivity index (χ2v) is 21.0. The normalized spacial score (nSPS) is 18.6. The third-order valence-electron chi connectivity index (χ3n) is 16.7. The van der Waals surface area contributed by atoms with Crippen LogP contribution in [0, 0.1) is 0 Å². The van der Waals surface area contributed by atoms with Crippen LogP contribution in [0.4, 0.5) is 45.5 Å². The van der Waals surface area contributed by atoms with Gasteiger partial charge in [0.15, 0.2) is 0 Å². The highest BCUT2D eigenvalue weighted by Gasteiger charge is 2.44.